The fourth-order valence-electron chi connectivity index (χ4n) is 2.73. The first-order valence-electron chi connectivity index (χ1n) is 7.67. The molecular formula is C16H17N3O5. The molecule has 0 unspecified atom stereocenters. The molecule has 0 aliphatic carbocycles. The zero-order valence-electron chi connectivity index (χ0n) is 12.9. The minimum Gasteiger partial charge on any atom is -0.476 e. The molecule has 1 amide bonds. The van der Waals surface area contributed by atoms with Crippen molar-refractivity contribution in [3.63, 3.8) is 0 Å². The minimum atomic E-state index is -1.25. The standard InChI is InChI=1S/C16H17N3O5/c20-13(17-8-10-4-3-7-24-10)9-19-15(21)12-6-2-1-5-11(12)14(18-19)16(22)23/h1-2,5-6,10H,3-4,7-9H2,(H,17,20)(H,22,23)/t10-/m0/s1. The Labute approximate surface area is 137 Å². The van der Waals surface area contributed by atoms with Crippen LogP contribution in [0, 0.1) is 0 Å². The van der Waals surface area contributed by atoms with Gasteiger partial charge in [-0.3, -0.25) is 9.59 Å². The molecule has 1 aromatic carbocycles. The second-order valence-electron chi connectivity index (χ2n) is 5.60. The van der Waals surface area contributed by atoms with Crippen molar-refractivity contribution >= 4 is 22.6 Å². The van der Waals surface area contributed by atoms with Crippen LogP contribution in [0.15, 0.2) is 29.1 Å². The molecule has 0 radical (unpaired) electrons. The van der Waals surface area contributed by atoms with Crippen LogP contribution in [0.1, 0.15) is 23.3 Å². The highest BCUT2D eigenvalue weighted by Gasteiger charge is 2.19. The number of nitrogens with zero attached hydrogens (tertiary/aromatic N) is 2. The molecule has 1 saturated heterocycles. The molecule has 0 bridgehead atoms. The number of rotatable bonds is 5. The molecule has 3 rings (SSSR count). The Kier molecular flexibility index (Phi) is 4.57. The number of nitrogens with one attached hydrogen (secondary N) is 1. The number of hydrogen-bond acceptors (Lipinski definition) is 5. The van der Waals surface area contributed by atoms with Crippen LogP contribution in [0.25, 0.3) is 10.8 Å². The quantitative estimate of drug-likeness (QED) is 0.820. The molecular weight excluding hydrogens is 314 g/mol. The molecule has 8 nitrogen and oxygen atoms in total. The first-order valence-corrected chi connectivity index (χ1v) is 7.67. The van der Waals surface area contributed by atoms with Gasteiger partial charge in [-0.25, -0.2) is 9.48 Å². The van der Waals surface area contributed by atoms with Gasteiger partial charge in [-0.2, -0.15) is 5.10 Å². The van der Waals surface area contributed by atoms with Crippen LogP contribution in [-0.2, 0) is 16.1 Å². The van der Waals surface area contributed by atoms with E-state index in [9.17, 15) is 19.5 Å². The van der Waals surface area contributed by atoms with E-state index in [1.165, 1.54) is 12.1 Å². The highest BCUT2D eigenvalue weighted by molar-refractivity contribution is 6.01. The molecule has 0 saturated carbocycles. The summed E-state index contributed by atoms with van der Waals surface area (Å²) in [6.07, 6.45) is 1.84. The Morgan fingerprint density at radius 3 is 2.75 bits per heavy atom. The predicted molar refractivity (Wildman–Crippen MR) is 84.9 cm³/mol. The van der Waals surface area contributed by atoms with E-state index in [0.717, 1.165) is 17.5 Å². The maximum Gasteiger partial charge on any atom is 0.357 e. The molecule has 24 heavy (non-hydrogen) atoms. The summed E-state index contributed by atoms with van der Waals surface area (Å²) in [5.74, 6) is -1.66. The van der Waals surface area contributed by atoms with Crippen LogP contribution in [0.5, 0.6) is 0 Å². The van der Waals surface area contributed by atoms with Crippen LogP contribution in [0.3, 0.4) is 0 Å². The second-order valence-corrected chi connectivity index (χ2v) is 5.60. The van der Waals surface area contributed by atoms with Gasteiger partial charge in [-0.1, -0.05) is 18.2 Å². The number of hydrogen-bond donors (Lipinski definition) is 2. The van der Waals surface area contributed by atoms with Gasteiger partial charge < -0.3 is 15.2 Å². The van der Waals surface area contributed by atoms with Gasteiger partial charge >= 0.3 is 5.97 Å². The van der Waals surface area contributed by atoms with Crippen molar-refractivity contribution in [2.75, 3.05) is 13.2 Å². The Morgan fingerprint density at radius 1 is 1.33 bits per heavy atom. The summed E-state index contributed by atoms with van der Waals surface area (Å²) >= 11 is 0. The first kappa shape index (κ1) is 16.1. The third-order valence-corrected chi connectivity index (χ3v) is 3.91. The Balaban J connectivity index is 1.83. The van der Waals surface area contributed by atoms with Gasteiger partial charge in [0, 0.05) is 18.5 Å². The number of amides is 1. The van der Waals surface area contributed by atoms with Gasteiger partial charge in [0.1, 0.15) is 6.54 Å². The van der Waals surface area contributed by atoms with E-state index >= 15 is 0 Å². The summed E-state index contributed by atoms with van der Waals surface area (Å²) in [5.41, 5.74) is -0.750. The lowest BCUT2D eigenvalue weighted by Crippen LogP contribution is -2.37. The molecule has 1 aliphatic heterocycles. The van der Waals surface area contributed by atoms with Crippen molar-refractivity contribution in [1.29, 1.82) is 0 Å². The van der Waals surface area contributed by atoms with Crippen LogP contribution in [-0.4, -0.2) is 46.0 Å². The van der Waals surface area contributed by atoms with Crippen molar-refractivity contribution in [1.82, 2.24) is 15.1 Å². The number of benzene rings is 1. The maximum atomic E-state index is 12.4. The zero-order valence-corrected chi connectivity index (χ0v) is 12.9. The monoisotopic (exact) mass is 331 g/mol. The number of carbonyl (C=O) groups excluding carboxylic acids is 1. The fraction of sp³-hybridized carbons (Fsp3) is 0.375. The Morgan fingerprint density at radius 2 is 2.08 bits per heavy atom. The highest BCUT2D eigenvalue weighted by Crippen LogP contribution is 2.13. The van der Waals surface area contributed by atoms with Gasteiger partial charge in [0.05, 0.1) is 11.5 Å². The van der Waals surface area contributed by atoms with Crippen molar-refractivity contribution in [3.8, 4) is 0 Å². The molecule has 126 valence electrons. The number of ether oxygens (including phenoxy) is 1. The maximum absolute atomic E-state index is 12.4. The zero-order chi connectivity index (χ0) is 17.1. The second kappa shape index (κ2) is 6.79. The average molecular weight is 331 g/mol. The first-order chi connectivity index (χ1) is 11.6. The average Bonchev–Trinajstić information content (AvgIpc) is 3.09. The lowest BCUT2D eigenvalue weighted by atomic mass is 10.1. The van der Waals surface area contributed by atoms with E-state index in [2.05, 4.69) is 10.4 Å². The lowest BCUT2D eigenvalue weighted by molar-refractivity contribution is -0.122. The van der Waals surface area contributed by atoms with Crippen LogP contribution >= 0.6 is 0 Å². The number of aromatic nitrogens is 2. The Hall–Kier alpha value is -2.74. The molecule has 2 heterocycles. The highest BCUT2D eigenvalue weighted by atomic mass is 16.5. The van der Waals surface area contributed by atoms with Crippen molar-refractivity contribution < 1.29 is 19.4 Å². The molecule has 1 aliphatic rings. The van der Waals surface area contributed by atoms with Gasteiger partial charge in [0.25, 0.3) is 5.56 Å². The number of fused-ring (bicyclic) bond motifs is 1. The van der Waals surface area contributed by atoms with Gasteiger partial charge in [-0.05, 0) is 18.9 Å². The number of carboxylic acid groups (broad SMARTS) is 1. The van der Waals surface area contributed by atoms with E-state index in [-0.39, 0.29) is 29.1 Å². The van der Waals surface area contributed by atoms with Gasteiger partial charge in [0.15, 0.2) is 5.69 Å². The largest absolute Gasteiger partial charge is 0.476 e. The summed E-state index contributed by atoms with van der Waals surface area (Å²) in [6.45, 7) is 0.720. The van der Waals surface area contributed by atoms with E-state index < -0.39 is 17.4 Å². The van der Waals surface area contributed by atoms with E-state index in [1.807, 2.05) is 0 Å². The van der Waals surface area contributed by atoms with Crippen LogP contribution < -0.4 is 10.9 Å². The van der Waals surface area contributed by atoms with Crippen molar-refractivity contribution in [3.05, 3.63) is 40.3 Å². The molecule has 2 N–H and O–H groups in total. The normalized spacial score (nSPS) is 17.1. The molecule has 8 heteroatoms. The van der Waals surface area contributed by atoms with Crippen LogP contribution in [0.2, 0.25) is 0 Å². The van der Waals surface area contributed by atoms with Gasteiger partial charge in [0.2, 0.25) is 5.91 Å². The third kappa shape index (κ3) is 3.28. The molecule has 0 spiro atoms. The fourth-order valence-corrected chi connectivity index (χ4v) is 2.73. The van der Waals surface area contributed by atoms with E-state index in [0.29, 0.717) is 13.2 Å². The van der Waals surface area contributed by atoms with Crippen molar-refractivity contribution in [2.45, 2.75) is 25.5 Å². The third-order valence-electron chi connectivity index (χ3n) is 3.91. The molecule has 1 fully saturated rings. The van der Waals surface area contributed by atoms with E-state index in [1.54, 1.807) is 12.1 Å². The summed E-state index contributed by atoms with van der Waals surface area (Å²) in [7, 11) is 0. The molecule has 1 aromatic heterocycles. The molecule has 1 atom stereocenters. The summed E-state index contributed by atoms with van der Waals surface area (Å²) in [4.78, 5) is 35.8. The number of carboxylic acids is 1. The van der Waals surface area contributed by atoms with E-state index in [4.69, 9.17) is 4.74 Å². The number of aromatic carboxylic acids is 1. The Bertz CT molecular complexity index is 839. The van der Waals surface area contributed by atoms with Gasteiger partial charge in [-0.15, -0.1) is 0 Å². The number of carbonyl (C=O) groups is 2. The summed E-state index contributed by atoms with van der Waals surface area (Å²) in [6, 6.07) is 6.31. The minimum absolute atomic E-state index is 0.00943. The SMILES string of the molecule is O=C(Cn1nc(C(=O)O)c2ccccc2c1=O)NC[C@@H]1CCCO1. The lowest BCUT2D eigenvalue weighted by Gasteiger charge is -2.12. The summed E-state index contributed by atoms with van der Waals surface area (Å²) < 4.78 is 6.29. The smallest absolute Gasteiger partial charge is 0.357 e. The topological polar surface area (TPSA) is 111 Å². The van der Waals surface area contributed by atoms with Crippen LogP contribution in [0.4, 0.5) is 0 Å². The van der Waals surface area contributed by atoms with Crippen molar-refractivity contribution in [2.24, 2.45) is 0 Å². The summed E-state index contributed by atoms with van der Waals surface area (Å²) in [5, 5.41) is 16.3. The predicted octanol–water partition coefficient (Wildman–Crippen LogP) is 0.390. The molecule has 2 aromatic rings.